The van der Waals surface area contributed by atoms with E-state index in [9.17, 15) is 4.79 Å². The lowest BCUT2D eigenvalue weighted by Crippen LogP contribution is -2.32. The molecule has 1 amide bonds. The summed E-state index contributed by atoms with van der Waals surface area (Å²) in [6.45, 7) is 8.21. The van der Waals surface area contributed by atoms with Crippen molar-refractivity contribution in [2.24, 2.45) is 5.92 Å². The summed E-state index contributed by atoms with van der Waals surface area (Å²) < 4.78 is 7.60. The number of aryl methyl sites for hydroxylation is 2. The van der Waals surface area contributed by atoms with Gasteiger partial charge in [-0.15, -0.1) is 0 Å². The van der Waals surface area contributed by atoms with E-state index in [1.165, 1.54) is 0 Å². The van der Waals surface area contributed by atoms with Gasteiger partial charge in [-0.3, -0.25) is 4.79 Å². The van der Waals surface area contributed by atoms with Crippen molar-refractivity contribution in [3.8, 4) is 5.69 Å². The number of benzene rings is 1. The van der Waals surface area contributed by atoms with E-state index in [1.807, 2.05) is 38.1 Å². The predicted octanol–water partition coefficient (Wildman–Crippen LogP) is 4.48. The standard InChI is InChI=1S/C22H26N4O2/c1-13(2)19(22-24-20(25-28-22)16-7-8-16)23-21(27)17-9-11-18(12-10-17)26-14(3)5-6-15(26)4/h5-6,9-13,16,19H,7-8H2,1-4H3,(H,23,27). The Hall–Kier alpha value is -2.89. The van der Waals surface area contributed by atoms with Gasteiger partial charge >= 0.3 is 0 Å². The molecule has 2 aromatic heterocycles. The lowest BCUT2D eigenvalue weighted by Gasteiger charge is -2.18. The average Bonchev–Trinajstić information content (AvgIpc) is 3.32. The molecule has 0 radical (unpaired) electrons. The molecule has 146 valence electrons. The largest absolute Gasteiger partial charge is 0.340 e. The first-order valence-corrected chi connectivity index (χ1v) is 9.84. The van der Waals surface area contributed by atoms with Crippen LogP contribution in [0.3, 0.4) is 0 Å². The Morgan fingerprint density at radius 3 is 2.32 bits per heavy atom. The number of carbonyl (C=O) groups is 1. The molecule has 1 atom stereocenters. The molecule has 0 bridgehead atoms. The summed E-state index contributed by atoms with van der Waals surface area (Å²) in [6.07, 6.45) is 2.23. The summed E-state index contributed by atoms with van der Waals surface area (Å²) in [5, 5.41) is 7.13. The van der Waals surface area contributed by atoms with E-state index in [0.29, 0.717) is 17.4 Å². The number of aromatic nitrogens is 3. The Kier molecular flexibility index (Phi) is 4.79. The molecule has 1 fully saturated rings. The molecule has 0 saturated heterocycles. The third kappa shape index (κ3) is 3.59. The van der Waals surface area contributed by atoms with Crippen LogP contribution in [0.1, 0.15) is 72.1 Å². The van der Waals surface area contributed by atoms with Gasteiger partial charge < -0.3 is 14.4 Å². The number of hydrogen-bond acceptors (Lipinski definition) is 4. The van der Waals surface area contributed by atoms with Crippen LogP contribution in [0.5, 0.6) is 0 Å². The number of carbonyl (C=O) groups excluding carboxylic acids is 1. The maximum absolute atomic E-state index is 12.8. The van der Waals surface area contributed by atoms with Crippen molar-refractivity contribution in [2.45, 2.75) is 52.5 Å². The SMILES string of the molecule is Cc1ccc(C)n1-c1ccc(C(=O)NC(c2nc(C3CC3)no2)C(C)C)cc1. The molecule has 1 unspecified atom stereocenters. The molecule has 1 N–H and O–H groups in total. The molecular formula is C22H26N4O2. The zero-order chi connectivity index (χ0) is 19.8. The van der Waals surface area contributed by atoms with E-state index in [2.05, 4.69) is 46.0 Å². The molecule has 1 aliphatic carbocycles. The molecule has 6 heteroatoms. The van der Waals surface area contributed by atoms with E-state index in [4.69, 9.17) is 4.52 Å². The third-order valence-electron chi connectivity index (χ3n) is 5.28. The summed E-state index contributed by atoms with van der Waals surface area (Å²) in [5.74, 6) is 1.67. The first kappa shape index (κ1) is 18.5. The van der Waals surface area contributed by atoms with E-state index in [0.717, 1.165) is 35.7 Å². The van der Waals surface area contributed by atoms with Crippen LogP contribution < -0.4 is 5.32 Å². The molecule has 1 aromatic carbocycles. The van der Waals surface area contributed by atoms with Crippen LogP contribution in [0.2, 0.25) is 0 Å². The Morgan fingerprint density at radius 2 is 1.75 bits per heavy atom. The summed E-state index contributed by atoms with van der Waals surface area (Å²) >= 11 is 0. The summed E-state index contributed by atoms with van der Waals surface area (Å²) in [4.78, 5) is 17.3. The van der Waals surface area contributed by atoms with Gasteiger partial charge in [0.25, 0.3) is 5.91 Å². The van der Waals surface area contributed by atoms with Crippen molar-refractivity contribution in [1.82, 2.24) is 20.0 Å². The number of hydrogen-bond donors (Lipinski definition) is 1. The molecule has 3 aromatic rings. The summed E-state index contributed by atoms with van der Waals surface area (Å²) in [6, 6.07) is 11.5. The van der Waals surface area contributed by atoms with Crippen LogP contribution in [0, 0.1) is 19.8 Å². The third-order valence-corrected chi connectivity index (χ3v) is 5.28. The minimum absolute atomic E-state index is 0.140. The highest BCUT2D eigenvalue weighted by atomic mass is 16.5. The van der Waals surface area contributed by atoms with Gasteiger partial charge in [0.05, 0.1) is 0 Å². The second kappa shape index (κ2) is 7.26. The first-order chi connectivity index (χ1) is 13.4. The van der Waals surface area contributed by atoms with Crippen molar-refractivity contribution in [2.75, 3.05) is 0 Å². The van der Waals surface area contributed by atoms with E-state index in [-0.39, 0.29) is 17.9 Å². The molecule has 1 saturated carbocycles. The van der Waals surface area contributed by atoms with Gasteiger partial charge in [-0.1, -0.05) is 19.0 Å². The van der Waals surface area contributed by atoms with E-state index < -0.39 is 0 Å². The maximum Gasteiger partial charge on any atom is 0.251 e. The molecule has 28 heavy (non-hydrogen) atoms. The smallest absolute Gasteiger partial charge is 0.251 e. The van der Waals surface area contributed by atoms with Crippen molar-refractivity contribution < 1.29 is 9.32 Å². The monoisotopic (exact) mass is 378 g/mol. The van der Waals surface area contributed by atoms with Gasteiger partial charge in [0.1, 0.15) is 6.04 Å². The zero-order valence-electron chi connectivity index (χ0n) is 16.8. The van der Waals surface area contributed by atoms with Crippen molar-refractivity contribution in [3.63, 3.8) is 0 Å². The summed E-state index contributed by atoms with van der Waals surface area (Å²) in [7, 11) is 0. The highest BCUT2D eigenvalue weighted by molar-refractivity contribution is 5.94. The van der Waals surface area contributed by atoms with Gasteiger partial charge in [0.2, 0.25) is 5.89 Å². The Labute approximate surface area is 165 Å². The number of amides is 1. The minimum atomic E-state index is -0.305. The van der Waals surface area contributed by atoms with E-state index >= 15 is 0 Å². The van der Waals surface area contributed by atoms with Crippen LogP contribution in [0.4, 0.5) is 0 Å². The summed E-state index contributed by atoms with van der Waals surface area (Å²) in [5.41, 5.74) is 3.98. The van der Waals surface area contributed by atoms with Crippen molar-refractivity contribution >= 4 is 5.91 Å². The van der Waals surface area contributed by atoms with Crippen LogP contribution >= 0.6 is 0 Å². The lowest BCUT2D eigenvalue weighted by atomic mass is 10.0. The molecule has 1 aliphatic rings. The van der Waals surface area contributed by atoms with Gasteiger partial charge in [0, 0.05) is 28.6 Å². The van der Waals surface area contributed by atoms with Crippen molar-refractivity contribution in [3.05, 3.63) is 65.1 Å². The van der Waals surface area contributed by atoms with Crippen LogP contribution in [0.15, 0.2) is 40.9 Å². The Balaban J connectivity index is 1.51. The quantitative estimate of drug-likeness (QED) is 0.686. The van der Waals surface area contributed by atoms with Gasteiger partial charge in [-0.2, -0.15) is 4.98 Å². The van der Waals surface area contributed by atoms with Crippen LogP contribution in [-0.4, -0.2) is 20.6 Å². The maximum atomic E-state index is 12.8. The molecule has 2 heterocycles. The predicted molar refractivity (Wildman–Crippen MR) is 107 cm³/mol. The Morgan fingerprint density at radius 1 is 1.11 bits per heavy atom. The number of rotatable bonds is 6. The van der Waals surface area contributed by atoms with Gasteiger partial charge in [-0.05, 0) is 69.0 Å². The lowest BCUT2D eigenvalue weighted by molar-refractivity contribution is 0.0914. The minimum Gasteiger partial charge on any atom is -0.340 e. The Bertz CT molecular complexity index is 961. The molecular weight excluding hydrogens is 352 g/mol. The van der Waals surface area contributed by atoms with Crippen LogP contribution in [-0.2, 0) is 0 Å². The molecule has 4 rings (SSSR count). The number of nitrogens with one attached hydrogen (secondary N) is 1. The fourth-order valence-corrected chi connectivity index (χ4v) is 3.46. The second-order valence-electron chi connectivity index (χ2n) is 7.96. The fraction of sp³-hybridized carbons (Fsp3) is 0.409. The normalized spacial score (nSPS) is 15.0. The van der Waals surface area contributed by atoms with E-state index in [1.54, 1.807) is 0 Å². The van der Waals surface area contributed by atoms with Crippen LogP contribution in [0.25, 0.3) is 5.69 Å². The average molecular weight is 378 g/mol. The molecule has 0 aliphatic heterocycles. The first-order valence-electron chi connectivity index (χ1n) is 9.84. The fourth-order valence-electron chi connectivity index (χ4n) is 3.46. The molecule has 0 spiro atoms. The zero-order valence-corrected chi connectivity index (χ0v) is 16.8. The van der Waals surface area contributed by atoms with Gasteiger partial charge in [-0.25, -0.2) is 0 Å². The number of nitrogens with zero attached hydrogens (tertiary/aromatic N) is 3. The topological polar surface area (TPSA) is 73.0 Å². The van der Waals surface area contributed by atoms with Crippen molar-refractivity contribution in [1.29, 1.82) is 0 Å². The molecule has 6 nitrogen and oxygen atoms in total. The highest BCUT2D eigenvalue weighted by Gasteiger charge is 2.31. The second-order valence-corrected chi connectivity index (χ2v) is 7.96. The highest BCUT2D eigenvalue weighted by Crippen LogP contribution is 2.38. The van der Waals surface area contributed by atoms with Gasteiger partial charge in [0.15, 0.2) is 5.82 Å².